The zero-order valence-corrected chi connectivity index (χ0v) is 36.8. The van der Waals surface area contributed by atoms with Crippen LogP contribution in [-0.4, -0.2) is 16.2 Å². The highest BCUT2D eigenvalue weighted by atomic mass is 16.3. The molecule has 1 aliphatic heterocycles. The number of nitrogens with zero attached hydrogens (tertiary/aromatic N) is 3. The molecule has 0 bridgehead atoms. The molecule has 0 saturated carbocycles. The van der Waals surface area contributed by atoms with E-state index in [4.69, 9.17) is 14.4 Å². The molecule has 0 amide bonds. The summed E-state index contributed by atoms with van der Waals surface area (Å²) < 4.78 is 9.04. The first-order chi connectivity index (χ1) is 33.7. The number of rotatable bonds is 6. The van der Waals surface area contributed by atoms with Crippen LogP contribution in [0.15, 0.2) is 245 Å². The third-order valence-corrected chi connectivity index (χ3v) is 13.8. The topological polar surface area (TPSA) is 54.8 Å². The summed E-state index contributed by atoms with van der Waals surface area (Å²) in [6.45, 7) is 0. The molecular weight excluding hydrogens is 829 g/mol. The van der Waals surface area contributed by atoms with Crippen LogP contribution in [0.3, 0.4) is 0 Å². The van der Waals surface area contributed by atoms with Gasteiger partial charge >= 0.3 is 0 Å². The van der Waals surface area contributed by atoms with Crippen molar-refractivity contribution in [2.24, 2.45) is 9.98 Å². The summed E-state index contributed by atoms with van der Waals surface area (Å²) in [5.41, 5.74) is 12.5. The van der Waals surface area contributed by atoms with Gasteiger partial charge in [0.15, 0.2) is 5.84 Å². The van der Waals surface area contributed by atoms with Gasteiger partial charge in [-0.3, -0.25) is 0 Å². The fraction of sp³-hybridized carbons (Fsp3) is 0.0159. The summed E-state index contributed by atoms with van der Waals surface area (Å²) >= 11 is 0. The zero-order valence-electron chi connectivity index (χ0n) is 36.8. The zero-order chi connectivity index (χ0) is 44.7. The quantitative estimate of drug-likeness (QED) is 0.181. The van der Waals surface area contributed by atoms with Gasteiger partial charge in [-0.15, -0.1) is 0 Å². The highest BCUT2D eigenvalue weighted by Crippen LogP contribution is 2.44. The van der Waals surface area contributed by atoms with Crippen LogP contribution in [0.5, 0.6) is 0 Å². The van der Waals surface area contributed by atoms with Gasteiger partial charge in [0.25, 0.3) is 0 Å². The normalized spacial score (nSPS) is 14.0. The molecule has 0 fully saturated rings. The number of benzene rings is 11. The predicted octanol–water partition coefficient (Wildman–Crippen LogP) is 16.0. The lowest BCUT2D eigenvalue weighted by molar-refractivity contribution is 0.669. The average Bonchev–Trinajstić information content (AvgIpc) is 3.94. The van der Waals surface area contributed by atoms with Gasteiger partial charge in [-0.25, -0.2) is 9.98 Å². The minimum atomic E-state index is -0.454. The van der Waals surface area contributed by atoms with Gasteiger partial charge < -0.3 is 14.3 Å². The van der Waals surface area contributed by atoms with Crippen molar-refractivity contribution in [1.29, 1.82) is 0 Å². The third-order valence-electron chi connectivity index (χ3n) is 13.8. The molecule has 14 rings (SSSR count). The number of fused-ring (bicyclic) bond motifs is 9. The van der Waals surface area contributed by atoms with Crippen molar-refractivity contribution in [1.82, 2.24) is 9.88 Å². The van der Waals surface area contributed by atoms with E-state index in [-0.39, 0.29) is 0 Å². The van der Waals surface area contributed by atoms with E-state index in [0.29, 0.717) is 5.84 Å². The molecule has 68 heavy (non-hydrogen) atoms. The molecule has 2 aromatic heterocycles. The maximum atomic E-state index is 6.58. The Bertz CT molecular complexity index is 4250. The first kappa shape index (κ1) is 38.2. The van der Waals surface area contributed by atoms with E-state index < -0.39 is 6.17 Å². The van der Waals surface area contributed by atoms with Crippen LogP contribution in [0.1, 0.15) is 22.9 Å². The molecule has 0 radical (unpaired) electrons. The minimum Gasteiger partial charge on any atom is -0.456 e. The molecule has 11 aromatic carbocycles. The van der Waals surface area contributed by atoms with Crippen molar-refractivity contribution < 1.29 is 4.42 Å². The summed E-state index contributed by atoms with van der Waals surface area (Å²) in [7, 11) is 0. The number of aromatic nitrogens is 1. The largest absolute Gasteiger partial charge is 0.456 e. The molecule has 1 N–H and O–H groups in total. The molecule has 1 aliphatic rings. The van der Waals surface area contributed by atoms with Crippen LogP contribution in [0, 0.1) is 0 Å². The van der Waals surface area contributed by atoms with Crippen molar-refractivity contribution in [3.8, 4) is 27.9 Å². The molecule has 13 aromatic rings. The highest BCUT2D eigenvalue weighted by Gasteiger charge is 2.25. The molecular formula is C63H40N4O. The molecule has 3 heterocycles. The Kier molecular flexibility index (Phi) is 8.58. The predicted molar refractivity (Wildman–Crippen MR) is 283 cm³/mol. The van der Waals surface area contributed by atoms with Crippen LogP contribution in [0.2, 0.25) is 0 Å². The van der Waals surface area contributed by atoms with Crippen LogP contribution in [-0.2, 0) is 0 Å². The van der Waals surface area contributed by atoms with E-state index in [2.05, 4.69) is 228 Å². The van der Waals surface area contributed by atoms with Crippen molar-refractivity contribution in [2.75, 3.05) is 0 Å². The Labute approximate surface area is 391 Å². The molecule has 318 valence electrons. The van der Waals surface area contributed by atoms with E-state index in [1.807, 2.05) is 12.1 Å². The Morgan fingerprint density at radius 3 is 1.84 bits per heavy atom. The van der Waals surface area contributed by atoms with E-state index in [9.17, 15) is 0 Å². The second-order valence-corrected chi connectivity index (χ2v) is 17.8. The number of aliphatic imine (C=N–C) groups is 2. The molecule has 1 atom stereocenters. The van der Waals surface area contributed by atoms with E-state index in [0.717, 1.165) is 83.1 Å². The SMILES string of the molecule is c1ccc(-c2cccc3c2c2cc4ccccc4cc2n3-c2ccc(C3N=C(c4ccc5ccccc5c4)N=C(c4ccc5ccccc5c4)N3)cc2-c2ccc3c(c2)oc2ccccc23)cc1. The van der Waals surface area contributed by atoms with Gasteiger partial charge in [-0.1, -0.05) is 170 Å². The smallest absolute Gasteiger partial charge is 0.159 e. The third kappa shape index (κ3) is 6.24. The van der Waals surface area contributed by atoms with E-state index >= 15 is 0 Å². The summed E-state index contributed by atoms with van der Waals surface area (Å²) in [4.78, 5) is 10.7. The number of hydrogen-bond acceptors (Lipinski definition) is 4. The summed E-state index contributed by atoms with van der Waals surface area (Å²) in [6.07, 6.45) is -0.454. The lowest BCUT2D eigenvalue weighted by Gasteiger charge is -2.25. The van der Waals surface area contributed by atoms with Crippen molar-refractivity contribution in [2.45, 2.75) is 6.17 Å². The molecule has 5 heteroatoms. The average molecular weight is 869 g/mol. The first-order valence-corrected chi connectivity index (χ1v) is 23.2. The van der Waals surface area contributed by atoms with Crippen molar-refractivity contribution >= 4 is 87.7 Å². The van der Waals surface area contributed by atoms with Crippen molar-refractivity contribution in [3.05, 3.63) is 247 Å². The Balaban J connectivity index is 1.01. The summed E-state index contributed by atoms with van der Waals surface area (Å²) in [6, 6.07) is 82.6. The fourth-order valence-corrected chi connectivity index (χ4v) is 10.5. The molecule has 0 saturated heterocycles. The van der Waals surface area contributed by atoms with Gasteiger partial charge in [0.2, 0.25) is 0 Å². The van der Waals surface area contributed by atoms with Crippen LogP contribution in [0.25, 0.3) is 104 Å². The Hall–Kier alpha value is -9.06. The van der Waals surface area contributed by atoms with Crippen LogP contribution >= 0.6 is 0 Å². The standard InChI is InChI=1S/C63H40N4O/c1-2-15-41(16-3-1)50-22-12-23-56-60(50)54-35-44-19-8-9-20-45(44)37-57(54)67(56)55-32-30-49(36-53(55)46-29-31-52-51-21-10-11-24-58(51)68-59(52)38-46)63-65-61(47-27-25-39-13-4-6-17-42(39)33-47)64-62(66-63)48-28-26-40-14-5-7-18-43(40)34-48/h1-38,63H,(H,64,65,66). The number of hydrogen-bond donors (Lipinski definition) is 1. The fourth-order valence-electron chi connectivity index (χ4n) is 10.5. The van der Waals surface area contributed by atoms with Gasteiger partial charge in [-0.2, -0.15) is 0 Å². The maximum absolute atomic E-state index is 6.58. The second-order valence-electron chi connectivity index (χ2n) is 17.8. The van der Waals surface area contributed by atoms with E-state index in [1.165, 1.54) is 43.4 Å². The Morgan fingerprint density at radius 2 is 1.04 bits per heavy atom. The molecule has 0 spiro atoms. The number of para-hydroxylation sites is 1. The summed E-state index contributed by atoms with van der Waals surface area (Å²) in [5.74, 6) is 1.45. The minimum absolute atomic E-state index is 0.454. The lowest BCUT2D eigenvalue weighted by atomic mass is 9.97. The van der Waals surface area contributed by atoms with Crippen LogP contribution in [0.4, 0.5) is 0 Å². The highest BCUT2D eigenvalue weighted by molar-refractivity contribution is 6.19. The van der Waals surface area contributed by atoms with Crippen molar-refractivity contribution in [3.63, 3.8) is 0 Å². The summed E-state index contributed by atoms with van der Waals surface area (Å²) in [5, 5.41) is 15.5. The number of nitrogens with one attached hydrogen (secondary N) is 1. The van der Waals surface area contributed by atoms with Crippen LogP contribution < -0.4 is 5.32 Å². The van der Waals surface area contributed by atoms with Gasteiger partial charge in [-0.05, 0) is 115 Å². The maximum Gasteiger partial charge on any atom is 0.159 e. The monoisotopic (exact) mass is 868 g/mol. The second kappa shape index (κ2) is 15.3. The first-order valence-electron chi connectivity index (χ1n) is 23.2. The molecule has 1 unspecified atom stereocenters. The van der Waals surface area contributed by atoms with Gasteiger partial charge in [0.05, 0.1) is 16.7 Å². The molecule has 5 nitrogen and oxygen atoms in total. The Morgan fingerprint density at radius 1 is 0.397 bits per heavy atom. The number of furan rings is 1. The van der Waals surface area contributed by atoms with E-state index in [1.54, 1.807) is 0 Å². The number of amidine groups is 2. The molecule has 0 aliphatic carbocycles. The van der Waals surface area contributed by atoms with Gasteiger partial charge in [0.1, 0.15) is 23.2 Å². The van der Waals surface area contributed by atoms with Gasteiger partial charge in [0, 0.05) is 38.2 Å². The lowest BCUT2D eigenvalue weighted by Crippen LogP contribution is -2.33.